The topological polar surface area (TPSA) is 42.5 Å². The minimum atomic E-state index is 0.726. The van der Waals surface area contributed by atoms with Gasteiger partial charge in [0, 0.05) is 24.5 Å². The second-order valence-electron chi connectivity index (χ2n) is 6.49. The summed E-state index contributed by atoms with van der Waals surface area (Å²) in [6.45, 7) is 16.0. The third-order valence-electron chi connectivity index (χ3n) is 4.17. The molecule has 0 unspecified atom stereocenters. The fourth-order valence-electron chi connectivity index (χ4n) is 2.82. The highest BCUT2D eigenvalue weighted by Crippen LogP contribution is 2.23. The number of benzene rings is 2. The van der Waals surface area contributed by atoms with E-state index in [1.54, 1.807) is 0 Å². The van der Waals surface area contributed by atoms with E-state index in [4.69, 9.17) is 9.47 Å². The zero-order chi connectivity index (χ0) is 20.8. The summed E-state index contributed by atoms with van der Waals surface area (Å²) in [5.74, 6) is 1.93. The smallest absolute Gasteiger partial charge is 0.119 e. The molecule has 0 fully saturated rings. The van der Waals surface area contributed by atoms with Crippen LogP contribution >= 0.6 is 0 Å². The third kappa shape index (κ3) is 8.12. The molecule has 2 rings (SSSR count). The molecule has 0 aliphatic carbocycles. The van der Waals surface area contributed by atoms with Crippen molar-refractivity contribution in [1.29, 1.82) is 0 Å². The summed E-state index contributed by atoms with van der Waals surface area (Å²) in [7, 11) is 0. The predicted molar refractivity (Wildman–Crippen MR) is 122 cm³/mol. The van der Waals surface area contributed by atoms with Gasteiger partial charge in [-0.3, -0.25) is 0 Å². The minimum absolute atomic E-state index is 0.726. The molecule has 0 aromatic heterocycles. The molecule has 4 nitrogen and oxygen atoms in total. The van der Waals surface area contributed by atoms with Crippen molar-refractivity contribution in [2.75, 3.05) is 36.9 Å². The highest BCUT2D eigenvalue weighted by molar-refractivity contribution is 5.54. The van der Waals surface area contributed by atoms with E-state index in [0.29, 0.717) is 0 Å². The summed E-state index contributed by atoms with van der Waals surface area (Å²) in [4.78, 5) is 0. The fraction of sp³-hybridized carbons (Fsp3) is 0.500. The third-order valence-corrected chi connectivity index (χ3v) is 4.17. The van der Waals surface area contributed by atoms with Crippen molar-refractivity contribution in [3.8, 4) is 11.5 Å². The monoisotopic (exact) mass is 386 g/mol. The number of anilines is 2. The van der Waals surface area contributed by atoms with Gasteiger partial charge in [-0.05, 0) is 88.1 Å². The van der Waals surface area contributed by atoms with Gasteiger partial charge in [0.2, 0.25) is 0 Å². The van der Waals surface area contributed by atoms with Gasteiger partial charge >= 0.3 is 0 Å². The van der Waals surface area contributed by atoms with Crippen LogP contribution in [0.2, 0.25) is 0 Å². The van der Waals surface area contributed by atoms with Crippen LogP contribution in [0.3, 0.4) is 0 Å². The van der Waals surface area contributed by atoms with Crippen LogP contribution in [0.4, 0.5) is 11.4 Å². The molecule has 2 aromatic rings. The first-order chi connectivity index (χ1) is 13.6. The number of hydrogen-bond donors (Lipinski definition) is 2. The van der Waals surface area contributed by atoms with E-state index in [-0.39, 0.29) is 0 Å². The fourth-order valence-corrected chi connectivity index (χ4v) is 2.82. The Bertz CT molecular complexity index is 686. The van der Waals surface area contributed by atoms with Gasteiger partial charge in [0.05, 0.1) is 13.2 Å². The van der Waals surface area contributed by atoms with E-state index in [9.17, 15) is 0 Å². The van der Waals surface area contributed by atoms with Crippen molar-refractivity contribution in [3.63, 3.8) is 0 Å². The minimum Gasteiger partial charge on any atom is -0.494 e. The summed E-state index contributed by atoms with van der Waals surface area (Å²) in [6, 6.07) is 12.4. The Morgan fingerprint density at radius 1 is 0.750 bits per heavy atom. The lowest BCUT2D eigenvalue weighted by Crippen LogP contribution is -2.01. The van der Waals surface area contributed by atoms with Gasteiger partial charge in [-0.1, -0.05) is 13.8 Å². The summed E-state index contributed by atoms with van der Waals surface area (Å²) < 4.78 is 11.0. The maximum absolute atomic E-state index is 5.54. The van der Waals surface area contributed by atoms with E-state index in [1.165, 1.54) is 22.5 Å². The van der Waals surface area contributed by atoms with Gasteiger partial charge in [-0.25, -0.2) is 0 Å². The average Bonchev–Trinajstić information content (AvgIpc) is 2.70. The van der Waals surface area contributed by atoms with E-state index in [0.717, 1.165) is 50.6 Å². The maximum atomic E-state index is 5.54. The van der Waals surface area contributed by atoms with Crippen LogP contribution in [0.25, 0.3) is 0 Å². The molecule has 0 saturated carbocycles. The van der Waals surface area contributed by atoms with E-state index in [2.05, 4.69) is 69.5 Å². The molecular formula is C24H38N2O2. The summed E-state index contributed by atoms with van der Waals surface area (Å²) in [5.41, 5.74) is 4.97. The molecule has 2 aromatic carbocycles. The van der Waals surface area contributed by atoms with Gasteiger partial charge in [-0.2, -0.15) is 0 Å². The average molecular weight is 387 g/mol. The summed E-state index contributed by atoms with van der Waals surface area (Å²) >= 11 is 0. The first-order valence-corrected chi connectivity index (χ1v) is 10.6. The quantitative estimate of drug-likeness (QED) is 0.503. The normalized spacial score (nSPS) is 9.93. The number of rotatable bonds is 10. The molecule has 4 heteroatoms. The predicted octanol–water partition coefficient (Wildman–Crippen LogP) is 6.30. The van der Waals surface area contributed by atoms with Gasteiger partial charge in [0.15, 0.2) is 0 Å². The van der Waals surface area contributed by atoms with Crippen LogP contribution in [-0.4, -0.2) is 26.3 Å². The molecule has 156 valence electrons. The first-order valence-electron chi connectivity index (χ1n) is 10.6. The van der Waals surface area contributed by atoms with Crippen molar-refractivity contribution in [2.24, 2.45) is 0 Å². The second kappa shape index (κ2) is 13.8. The van der Waals surface area contributed by atoms with Crippen LogP contribution in [0, 0.1) is 6.92 Å². The Balaban J connectivity index is 0.000000280. The van der Waals surface area contributed by atoms with E-state index >= 15 is 0 Å². The molecule has 0 aliphatic heterocycles. The standard InChI is InChI=1S/2C12H19NO/c1-4-8-14-11-6-7-12(13-5-2)10(3)9-11;1-4-10-9-11(14-6-3)7-8-12(10)13-5-2/h6-7,9,13H,4-5,8H2,1-3H3;7-9,13H,4-6H2,1-3H3. The van der Waals surface area contributed by atoms with Gasteiger partial charge in [0.1, 0.15) is 11.5 Å². The van der Waals surface area contributed by atoms with Crippen molar-refractivity contribution >= 4 is 11.4 Å². The first kappa shape index (κ1) is 23.7. The highest BCUT2D eigenvalue weighted by atomic mass is 16.5. The Morgan fingerprint density at radius 3 is 1.89 bits per heavy atom. The molecule has 28 heavy (non-hydrogen) atoms. The Morgan fingerprint density at radius 2 is 1.36 bits per heavy atom. The number of hydrogen-bond acceptors (Lipinski definition) is 4. The molecule has 0 atom stereocenters. The van der Waals surface area contributed by atoms with Gasteiger partial charge in [-0.15, -0.1) is 0 Å². The Hall–Kier alpha value is -2.36. The van der Waals surface area contributed by atoms with Crippen molar-refractivity contribution in [3.05, 3.63) is 47.5 Å². The van der Waals surface area contributed by atoms with Crippen LogP contribution in [0.5, 0.6) is 11.5 Å². The van der Waals surface area contributed by atoms with Crippen LogP contribution in [0.15, 0.2) is 36.4 Å². The number of nitrogens with one attached hydrogen (secondary N) is 2. The highest BCUT2D eigenvalue weighted by Gasteiger charge is 2.01. The zero-order valence-electron chi connectivity index (χ0n) is 18.5. The van der Waals surface area contributed by atoms with Crippen LogP contribution < -0.4 is 20.1 Å². The SMILES string of the molecule is CCCOc1ccc(NCC)c(C)c1.CCNc1ccc(OCC)cc1CC. The number of ether oxygens (including phenoxy) is 2. The van der Waals surface area contributed by atoms with Crippen LogP contribution in [-0.2, 0) is 6.42 Å². The van der Waals surface area contributed by atoms with Crippen molar-refractivity contribution < 1.29 is 9.47 Å². The number of aryl methyl sites for hydroxylation is 2. The van der Waals surface area contributed by atoms with Crippen molar-refractivity contribution in [2.45, 2.75) is 54.4 Å². The lowest BCUT2D eigenvalue weighted by molar-refractivity contribution is 0.317. The lowest BCUT2D eigenvalue weighted by atomic mass is 10.1. The molecule has 0 saturated heterocycles. The zero-order valence-corrected chi connectivity index (χ0v) is 18.5. The molecule has 0 spiro atoms. The molecule has 0 amide bonds. The van der Waals surface area contributed by atoms with Crippen LogP contribution in [0.1, 0.15) is 52.2 Å². The second-order valence-corrected chi connectivity index (χ2v) is 6.49. The summed E-state index contributed by atoms with van der Waals surface area (Å²) in [5, 5.41) is 6.64. The maximum Gasteiger partial charge on any atom is 0.119 e. The van der Waals surface area contributed by atoms with Gasteiger partial charge < -0.3 is 20.1 Å². The molecule has 0 radical (unpaired) electrons. The molecular weight excluding hydrogens is 348 g/mol. The molecule has 0 aliphatic rings. The van der Waals surface area contributed by atoms with Gasteiger partial charge in [0.25, 0.3) is 0 Å². The molecule has 0 heterocycles. The molecule has 0 bridgehead atoms. The lowest BCUT2D eigenvalue weighted by Gasteiger charge is -2.11. The largest absolute Gasteiger partial charge is 0.494 e. The van der Waals surface area contributed by atoms with Crippen molar-refractivity contribution in [1.82, 2.24) is 0 Å². The Labute approximate surface area is 171 Å². The Kier molecular flexibility index (Phi) is 11.6. The van der Waals surface area contributed by atoms with E-state index in [1.807, 2.05) is 19.1 Å². The van der Waals surface area contributed by atoms with E-state index < -0.39 is 0 Å². The molecule has 2 N–H and O–H groups in total. The summed E-state index contributed by atoms with van der Waals surface area (Å²) in [6.07, 6.45) is 2.08.